The molecule has 1 atom stereocenters. The molecule has 1 unspecified atom stereocenters. The minimum absolute atomic E-state index is 0.210. The van der Waals surface area contributed by atoms with E-state index >= 15 is 0 Å². The lowest BCUT2D eigenvalue weighted by atomic mass is 9.99. The van der Waals surface area contributed by atoms with E-state index in [4.69, 9.17) is 0 Å². The molecule has 0 saturated carbocycles. The first-order chi connectivity index (χ1) is 9.08. The van der Waals surface area contributed by atoms with Crippen LogP contribution in [-0.2, 0) is 19.4 Å². The SMILES string of the molecule is CCNC(CC)c1c(CC)nn(CC(F)F)c1CC. The summed E-state index contributed by atoms with van der Waals surface area (Å²) < 4.78 is 26.8. The van der Waals surface area contributed by atoms with E-state index in [0.29, 0.717) is 0 Å². The number of aromatic nitrogens is 2. The minimum atomic E-state index is -2.36. The smallest absolute Gasteiger partial charge is 0.257 e. The summed E-state index contributed by atoms with van der Waals surface area (Å²) in [4.78, 5) is 0. The maximum absolute atomic E-state index is 12.6. The summed E-state index contributed by atoms with van der Waals surface area (Å²) in [6.45, 7) is 8.75. The van der Waals surface area contributed by atoms with E-state index in [0.717, 1.165) is 42.8 Å². The van der Waals surface area contributed by atoms with Gasteiger partial charge in [0.25, 0.3) is 6.43 Å². The van der Waals surface area contributed by atoms with Crippen molar-refractivity contribution >= 4 is 0 Å². The van der Waals surface area contributed by atoms with E-state index in [1.807, 2.05) is 13.8 Å². The zero-order chi connectivity index (χ0) is 14.4. The summed E-state index contributed by atoms with van der Waals surface area (Å²) in [6.07, 6.45) is 0.0907. The van der Waals surface area contributed by atoms with Crippen LogP contribution >= 0.6 is 0 Å². The summed E-state index contributed by atoms with van der Waals surface area (Å²) in [7, 11) is 0. The molecule has 0 aromatic carbocycles. The Kier molecular flexibility index (Phi) is 6.42. The molecule has 0 spiro atoms. The van der Waals surface area contributed by atoms with Crippen molar-refractivity contribution in [2.24, 2.45) is 0 Å². The maximum atomic E-state index is 12.6. The zero-order valence-corrected chi connectivity index (χ0v) is 12.3. The number of hydrogen-bond acceptors (Lipinski definition) is 2. The second-order valence-electron chi connectivity index (χ2n) is 4.61. The first-order valence-corrected chi connectivity index (χ1v) is 7.18. The van der Waals surface area contributed by atoms with Gasteiger partial charge in [-0.2, -0.15) is 5.10 Å². The van der Waals surface area contributed by atoms with Gasteiger partial charge in [-0.25, -0.2) is 8.78 Å². The molecule has 0 radical (unpaired) electrons. The topological polar surface area (TPSA) is 29.9 Å². The fourth-order valence-electron chi connectivity index (χ4n) is 2.58. The van der Waals surface area contributed by atoms with Gasteiger partial charge >= 0.3 is 0 Å². The highest BCUT2D eigenvalue weighted by molar-refractivity contribution is 5.30. The molecule has 0 amide bonds. The Morgan fingerprint density at radius 1 is 1.16 bits per heavy atom. The van der Waals surface area contributed by atoms with Gasteiger partial charge in [0.15, 0.2) is 0 Å². The average Bonchev–Trinajstić information content (AvgIpc) is 2.72. The van der Waals surface area contributed by atoms with Crippen LogP contribution in [0.3, 0.4) is 0 Å². The fourth-order valence-corrected chi connectivity index (χ4v) is 2.58. The Morgan fingerprint density at radius 3 is 2.26 bits per heavy atom. The molecule has 0 aliphatic rings. The summed E-state index contributed by atoms with van der Waals surface area (Å²) >= 11 is 0. The van der Waals surface area contributed by atoms with Crippen molar-refractivity contribution in [3.63, 3.8) is 0 Å². The molecule has 1 aromatic rings. The molecule has 19 heavy (non-hydrogen) atoms. The Morgan fingerprint density at radius 2 is 1.84 bits per heavy atom. The number of hydrogen-bond donors (Lipinski definition) is 1. The van der Waals surface area contributed by atoms with Gasteiger partial charge in [-0.3, -0.25) is 4.68 Å². The Labute approximate surface area is 114 Å². The van der Waals surface area contributed by atoms with Gasteiger partial charge in [-0.15, -0.1) is 0 Å². The van der Waals surface area contributed by atoms with Crippen LogP contribution < -0.4 is 5.32 Å². The molecule has 0 saturated heterocycles. The molecule has 0 bridgehead atoms. The van der Waals surface area contributed by atoms with Gasteiger partial charge in [-0.05, 0) is 25.8 Å². The first kappa shape index (κ1) is 16.1. The molecule has 1 heterocycles. The van der Waals surface area contributed by atoms with Crippen molar-refractivity contribution in [2.45, 2.75) is 66.0 Å². The molecule has 0 aliphatic heterocycles. The predicted octanol–water partition coefficient (Wildman–Crippen LogP) is 3.33. The normalized spacial score (nSPS) is 13.2. The van der Waals surface area contributed by atoms with Crippen LogP contribution in [0.5, 0.6) is 0 Å². The van der Waals surface area contributed by atoms with Gasteiger partial charge < -0.3 is 5.32 Å². The van der Waals surface area contributed by atoms with Crippen LogP contribution in [0.4, 0.5) is 8.78 Å². The monoisotopic (exact) mass is 273 g/mol. The molecule has 0 fully saturated rings. The molecule has 5 heteroatoms. The summed E-state index contributed by atoms with van der Waals surface area (Å²) in [6, 6.07) is 0.210. The highest BCUT2D eigenvalue weighted by Gasteiger charge is 2.22. The first-order valence-electron chi connectivity index (χ1n) is 7.18. The summed E-state index contributed by atoms with van der Waals surface area (Å²) in [5, 5.41) is 7.81. The van der Waals surface area contributed by atoms with Gasteiger partial charge in [0.1, 0.15) is 6.54 Å². The average molecular weight is 273 g/mol. The Hall–Kier alpha value is -0.970. The number of aryl methyl sites for hydroxylation is 1. The third-order valence-corrected chi connectivity index (χ3v) is 3.36. The van der Waals surface area contributed by atoms with Crippen molar-refractivity contribution in [1.82, 2.24) is 15.1 Å². The molecule has 0 aliphatic carbocycles. The van der Waals surface area contributed by atoms with Crippen LogP contribution in [0, 0.1) is 0 Å². The quantitative estimate of drug-likeness (QED) is 0.787. The van der Waals surface area contributed by atoms with Crippen molar-refractivity contribution in [1.29, 1.82) is 0 Å². The number of nitrogens with one attached hydrogen (secondary N) is 1. The van der Waals surface area contributed by atoms with Crippen molar-refractivity contribution in [3.05, 3.63) is 17.0 Å². The zero-order valence-electron chi connectivity index (χ0n) is 12.3. The third-order valence-electron chi connectivity index (χ3n) is 3.36. The lowest BCUT2D eigenvalue weighted by Gasteiger charge is -2.18. The van der Waals surface area contributed by atoms with E-state index in [-0.39, 0.29) is 12.6 Å². The number of halogens is 2. The molecular weight excluding hydrogens is 248 g/mol. The van der Waals surface area contributed by atoms with E-state index in [2.05, 4.69) is 24.3 Å². The van der Waals surface area contributed by atoms with Crippen LogP contribution in [0.2, 0.25) is 0 Å². The van der Waals surface area contributed by atoms with Gasteiger partial charge in [0.05, 0.1) is 5.69 Å². The molecule has 1 aromatic heterocycles. The Balaban J connectivity index is 3.21. The van der Waals surface area contributed by atoms with Crippen molar-refractivity contribution in [2.75, 3.05) is 6.54 Å². The largest absolute Gasteiger partial charge is 0.310 e. The van der Waals surface area contributed by atoms with Crippen LogP contribution in [0.25, 0.3) is 0 Å². The summed E-state index contributed by atoms with van der Waals surface area (Å²) in [5.74, 6) is 0. The van der Waals surface area contributed by atoms with Gasteiger partial charge in [0, 0.05) is 17.3 Å². The fraction of sp³-hybridized carbons (Fsp3) is 0.786. The lowest BCUT2D eigenvalue weighted by Crippen LogP contribution is -2.22. The number of nitrogens with zero attached hydrogens (tertiary/aromatic N) is 2. The van der Waals surface area contributed by atoms with Crippen LogP contribution in [0.15, 0.2) is 0 Å². The van der Waals surface area contributed by atoms with Gasteiger partial charge in [-0.1, -0.05) is 27.7 Å². The minimum Gasteiger partial charge on any atom is -0.310 e. The van der Waals surface area contributed by atoms with E-state index in [9.17, 15) is 8.78 Å². The standard InChI is InChI=1S/C14H25F2N3/c1-5-10(17-8-4)14-11(6-2)18-19(9-13(15)16)12(14)7-3/h10,13,17H,5-9H2,1-4H3. The third kappa shape index (κ3) is 3.75. The lowest BCUT2D eigenvalue weighted by molar-refractivity contribution is 0.120. The second-order valence-corrected chi connectivity index (χ2v) is 4.61. The number of alkyl halides is 2. The molecule has 3 nitrogen and oxygen atoms in total. The number of rotatable bonds is 8. The van der Waals surface area contributed by atoms with Crippen LogP contribution in [-0.4, -0.2) is 22.8 Å². The van der Waals surface area contributed by atoms with Crippen molar-refractivity contribution in [3.8, 4) is 0 Å². The molecule has 110 valence electrons. The van der Waals surface area contributed by atoms with E-state index in [1.165, 1.54) is 4.68 Å². The molecule has 1 rings (SSSR count). The van der Waals surface area contributed by atoms with Crippen LogP contribution in [0.1, 0.15) is 57.1 Å². The van der Waals surface area contributed by atoms with Crippen molar-refractivity contribution < 1.29 is 8.78 Å². The predicted molar refractivity (Wildman–Crippen MR) is 73.7 cm³/mol. The maximum Gasteiger partial charge on any atom is 0.257 e. The van der Waals surface area contributed by atoms with Gasteiger partial charge in [0.2, 0.25) is 0 Å². The molecular formula is C14H25F2N3. The highest BCUT2D eigenvalue weighted by Crippen LogP contribution is 2.26. The van der Waals surface area contributed by atoms with E-state index in [1.54, 1.807) is 0 Å². The Bertz CT molecular complexity index is 388. The highest BCUT2D eigenvalue weighted by atomic mass is 19.3. The molecule has 1 N–H and O–H groups in total. The van der Waals surface area contributed by atoms with E-state index < -0.39 is 6.43 Å². The second kappa shape index (κ2) is 7.58. The summed E-state index contributed by atoms with van der Waals surface area (Å²) in [5.41, 5.74) is 3.03.